The molecule has 0 aliphatic carbocycles. The molecule has 1 aromatic carbocycles. The monoisotopic (exact) mass is 733 g/mol. The molecule has 0 fully saturated rings. The van der Waals surface area contributed by atoms with Gasteiger partial charge in [0.15, 0.2) is 14.1 Å². The zero-order valence-corrected chi connectivity index (χ0v) is 32.3. The van der Waals surface area contributed by atoms with Crippen LogP contribution in [0, 0.1) is 27.3 Å². The Morgan fingerprint density at radius 3 is 2.24 bits per heavy atom. The maximum atomic E-state index is 15.6. The van der Waals surface area contributed by atoms with Crippen LogP contribution in [0.4, 0.5) is 15.8 Å². The molecule has 49 heavy (non-hydrogen) atoms. The number of aromatic nitrogens is 3. The molecule has 0 amide bonds. The average Bonchev–Trinajstić information content (AvgIpc) is 2.99. The molecule has 2 aromatic heterocycles. The summed E-state index contributed by atoms with van der Waals surface area (Å²) in [5, 5.41) is 25.3. The fourth-order valence-corrected chi connectivity index (χ4v) is 7.41. The summed E-state index contributed by atoms with van der Waals surface area (Å²) in [5.41, 5.74) is -0.909. The predicted molar refractivity (Wildman–Crippen MR) is 193 cm³/mol. The van der Waals surface area contributed by atoms with E-state index in [0.717, 1.165) is 6.07 Å². The predicted octanol–water partition coefficient (Wildman–Crippen LogP) is 7.99. The van der Waals surface area contributed by atoms with E-state index in [1.54, 1.807) is 26.8 Å². The summed E-state index contributed by atoms with van der Waals surface area (Å²) in [6.45, 7) is 19.7. The Balaban J connectivity index is 2.11. The summed E-state index contributed by atoms with van der Waals surface area (Å²) in [6.07, 6.45) is 4.24. The number of benzene rings is 1. The van der Waals surface area contributed by atoms with Crippen molar-refractivity contribution >= 4 is 42.7 Å². The lowest BCUT2D eigenvalue weighted by molar-refractivity contribution is -0.384. The normalized spacial score (nSPS) is 14.5. The fourth-order valence-electron chi connectivity index (χ4n) is 4.70. The minimum atomic E-state index is -2.20. The molecule has 0 bridgehead atoms. The van der Waals surface area contributed by atoms with E-state index in [1.807, 2.05) is 13.8 Å². The van der Waals surface area contributed by atoms with Crippen molar-refractivity contribution in [1.29, 1.82) is 5.26 Å². The molecule has 0 radical (unpaired) electrons. The molecule has 3 aromatic rings. The Morgan fingerprint density at radius 2 is 1.73 bits per heavy atom. The number of halogens is 2. The van der Waals surface area contributed by atoms with Gasteiger partial charge in [0.2, 0.25) is 0 Å². The number of anilines is 1. The number of nitrogens with zero attached hydrogens (tertiary/aromatic N) is 5. The van der Waals surface area contributed by atoms with Crippen LogP contribution in [0.1, 0.15) is 79.2 Å². The highest BCUT2D eigenvalue weighted by Crippen LogP contribution is 2.42. The first-order valence-corrected chi connectivity index (χ1v) is 20.0. The Kier molecular flexibility index (Phi) is 12.5. The van der Waals surface area contributed by atoms with E-state index in [4.69, 9.17) is 20.8 Å². The lowest BCUT2D eigenvalue weighted by Gasteiger charge is -2.42. The molecule has 16 heteroatoms. The topological polar surface area (TPSA) is 171 Å². The highest BCUT2D eigenvalue weighted by Gasteiger charge is 2.43. The molecule has 3 atom stereocenters. The molecule has 266 valence electrons. The second-order valence-electron chi connectivity index (χ2n) is 14.6. The third-order valence-electron chi connectivity index (χ3n) is 8.33. The van der Waals surface area contributed by atoms with Gasteiger partial charge in [0.25, 0.3) is 5.69 Å². The van der Waals surface area contributed by atoms with E-state index in [0.29, 0.717) is 17.1 Å². The minimum absolute atomic E-state index is 0.00503. The van der Waals surface area contributed by atoms with Crippen molar-refractivity contribution in [2.45, 2.75) is 102 Å². The summed E-state index contributed by atoms with van der Waals surface area (Å²) in [5.74, 6) is -0.165. The van der Waals surface area contributed by atoms with Gasteiger partial charge >= 0.3 is 0 Å². The van der Waals surface area contributed by atoms with Crippen molar-refractivity contribution in [2.75, 3.05) is 12.4 Å². The second-order valence-corrected chi connectivity index (χ2v) is 21.7. The molecule has 0 aliphatic heterocycles. The van der Waals surface area contributed by atoms with Crippen LogP contribution in [0.2, 0.25) is 23.3 Å². The standard InChI is InChI=1S/C33H45ClFN7O5SSi/c1-31(2,3)48(45)41-21(17-36)14-25(28-27(46-9)12-13-37-29(28)34)40-24-15-22(23(35)16-26(24)42(43)44)20-18-38-30(39-19-20)33(7,8)47-49(10,11)32(4,5)6/h12-13,15-16,18-19,21,25,40-41H,14H2,1-11H3/t21-,25-,48?/m1/s1. The smallest absolute Gasteiger partial charge is 0.295 e. The van der Waals surface area contributed by atoms with Crippen LogP contribution in [0.15, 0.2) is 36.8 Å². The summed E-state index contributed by atoms with van der Waals surface area (Å²) >= 11 is 4.91. The Labute approximate surface area is 296 Å². The highest BCUT2D eigenvalue weighted by molar-refractivity contribution is 7.90. The number of nitro benzene ring substituents is 1. The van der Waals surface area contributed by atoms with Gasteiger partial charge in [0, 0.05) is 47.5 Å². The van der Waals surface area contributed by atoms with Crippen molar-refractivity contribution in [3.05, 3.63) is 69.3 Å². The van der Waals surface area contributed by atoms with Crippen LogP contribution in [0.25, 0.3) is 11.1 Å². The van der Waals surface area contributed by atoms with Gasteiger partial charge in [-0.2, -0.15) is 5.26 Å². The number of methoxy groups -OCH3 is 1. The molecular formula is C33H45ClFN7O5SSi. The van der Waals surface area contributed by atoms with Crippen LogP contribution in [-0.4, -0.2) is 50.6 Å². The number of hydrogen-bond donors (Lipinski definition) is 2. The maximum Gasteiger partial charge on any atom is 0.295 e. The van der Waals surface area contributed by atoms with E-state index in [9.17, 15) is 19.9 Å². The van der Waals surface area contributed by atoms with Crippen molar-refractivity contribution < 1.29 is 23.0 Å². The number of pyridine rings is 1. The second kappa shape index (κ2) is 15.2. The lowest BCUT2D eigenvalue weighted by atomic mass is 9.99. The number of nitriles is 1. The van der Waals surface area contributed by atoms with Crippen LogP contribution < -0.4 is 14.8 Å². The first-order chi connectivity index (χ1) is 22.5. The molecule has 0 saturated carbocycles. The van der Waals surface area contributed by atoms with E-state index < -0.39 is 58.5 Å². The molecule has 0 aliphatic rings. The summed E-state index contributed by atoms with van der Waals surface area (Å²) in [6, 6.07) is 3.80. The van der Waals surface area contributed by atoms with Gasteiger partial charge in [-0.3, -0.25) is 10.1 Å². The largest absolute Gasteiger partial charge is 0.598 e. The summed E-state index contributed by atoms with van der Waals surface area (Å²) in [4.78, 5) is 24.7. The van der Waals surface area contributed by atoms with Crippen molar-refractivity contribution in [2.24, 2.45) is 0 Å². The van der Waals surface area contributed by atoms with Gasteiger partial charge in [-0.15, -0.1) is 4.72 Å². The van der Waals surface area contributed by atoms with Gasteiger partial charge in [0.1, 0.15) is 38.8 Å². The molecule has 0 spiro atoms. The van der Waals surface area contributed by atoms with Crippen molar-refractivity contribution in [3.8, 4) is 22.9 Å². The number of rotatable bonds is 13. The summed E-state index contributed by atoms with van der Waals surface area (Å²) < 4.78 is 42.7. The zero-order valence-electron chi connectivity index (χ0n) is 29.8. The zero-order chi connectivity index (χ0) is 37.1. The number of ether oxygens (including phenoxy) is 1. The van der Waals surface area contributed by atoms with E-state index in [1.165, 1.54) is 31.8 Å². The Morgan fingerprint density at radius 1 is 1.12 bits per heavy atom. The fraction of sp³-hybridized carbons (Fsp3) is 0.515. The SMILES string of the molecule is COc1ccnc(Cl)c1[C@@H](C[C@H](C#N)N[S+]([O-])C(C)(C)C)Nc1cc(-c2cnc(C(C)(C)O[Si](C)(C)C(C)(C)C)nc2)c(F)cc1[N+](=O)[O-]. The Bertz CT molecular complexity index is 1690. The van der Waals surface area contributed by atoms with E-state index >= 15 is 4.39 Å². The van der Waals surface area contributed by atoms with Gasteiger partial charge < -0.3 is 19.0 Å². The van der Waals surface area contributed by atoms with Gasteiger partial charge in [-0.05, 0) is 64.9 Å². The molecule has 2 heterocycles. The molecule has 12 nitrogen and oxygen atoms in total. The Hall–Kier alpha value is -3.39. The molecule has 0 saturated heterocycles. The molecule has 1 unspecified atom stereocenters. The van der Waals surface area contributed by atoms with Crippen LogP contribution in [0.5, 0.6) is 5.75 Å². The molecule has 2 N–H and O–H groups in total. The van der Waals surface area contributed by atoms with Gasteiger partial charge in [-0.1, -0.05) is 32.4 Å². The van der Waals surface area contributed by atoms with Crippen LogP contribution in [0.3, 0.4) is 0 Å². The first kappa shape index (κ1) is 40.0. The van der Waals surface area contributed by atoms with E-state index in [-0.39, 0.29) is 33.4 Å². The van der Waals surface area contributed by atoms with E-state index in [2.05, 4.69) is 64.9 Å². The number of nitrogens with one attached hydrogen (secondary N) is 2. The van der Waals surface area contributed by atoms with Gasteiger partial charge in [0.05, 0.1) is 35.8 Å². The third kappa shape index (κ3) is 9.65. The lowest BCUT2D eigenvalue weighted by Crippen LogP contribution is -2.46. The van der Waals surface area contributed by atoms with Crippen LogP contribution in [-0.2, 0) is 21.4 Å². The number of hydrogen-bond acceptors (Lipinski definition) is 11. The third-order valence-corrected chi connectivity index (χ3v) is 14.9. The molecule has 3 rings (SSSR count). The van der Waals surface area contributed by atoms with Crippen molar-refractivity contribution in [3.63, 3.8) is 0 Å². The number of nitro groups is 1. The van der Waals surface area contributed by atoms with Crippen molar-refractivity contribution in [1.82, 2.24) is 19.7 Å². The highest BCUT2D eigenvalue weighted by atomic mass is 35.5. The summed E-state index contributed by atoms with van der Waals surface area (Å²) in [7, 11) is -0.780. The maximum absolute atomic E-state index is 15.6. The molecular weight excluding hydrogens is 689 g/mol. The van der Waals surface area contributed by atoms with Gasteiger partial charge in [-0.25, -0.2) is 19.3 Å². The quantitative estimate of drug-likeness (QED) is 0.0573. The first-order valence-electron chi connectivity index (χ1n) is 15.6. The van der Waals surface area contributed by atoms with Crippen LogP contribution >= 0.6 is 11.6 Å². The average molecular weight is 734 g/mol. The minimum Gasteiger partial charge on any atom is -0.598 e.